The lowest BCUT2D eigenvalue weighted by Gasteiger charge is -2.08. The predicted octanol–water partition coefficient (Wildman–Crippen LogP) is 4.70. The van der Waals surface area contributed by atoms with Gasteiger partial charge in [-0.05, 0) is 42.8 Å². The number of aromatic hydroxyl groups is 1. The van der Waals surface area contributed by atoms with Crippen LogP contribution < -0.4 is 5.32 Å². The van der Waals surface area contributed by atoms with Crippen LogP contribution in [-0.4, -0.2) is 17.2 Å². The van der Waals surface area contributed by atoms with Gasteiger partial charge in [0, 0.05) is 28.4 Å². The van der Waals surface area contributed by atoms with Crippen molar-refractivity contribution >= 4 is 35.1 Å². The fourth-order valence-electron chi connectivity index (χ4n) is 1.95. The fraction of sp³-hybridized carbons (Fsp3) is 0.222. The molecule has 2 rings (SSSR count). The Bertz CT molecular complexity index is 755. The summed E-state index contributed by atoms with van der Waals surface area (Å²) >= 11 is 6.00. The topological polar surface area (TPSA) is 61.7 Å². The van der Waals surface area contributed by atoms with Crippen LogP contribution in [0.4, 0.5) is 11.4 Å². The minimum atomic E-state index is -0.0893. The van der Waals surface area contributed by atoms with Gasteiger partial charge in [-0.15, -0.1) is 0 Å². The molecule has 0 heterocycles. The predicted molar refractivity (Wildman–Crippen MR) is 95.0 cm³/mol. The van der Waals surface area contributed by atoms with Crippen molar-refractivity contribution in [2.24, 2.45) is 10.9 Å². The van der Waals surface area contributed by atoms with Crippen LogP contribution in [-0.2, 0) is 4.79 Å². The lowest BCUT2D eigenvalue weighted by Crippen LogP contribution is -2.17. The first-order valence-corrected chi connectivity index (χ1v) is 7.68. The van der Waals surface area contributed by atoms with E-state index in [1.165, 1.54) is 0 Å². The lowest BCUT2D eigenvalue weighted by molar-refractivity contribution is -0.118. The summed E-state index contributed by atoms with van der Waals surface area (Å²) in [5.41, 5.74) is 2.59. The molecule has 0 saturated heterocycles. The number of carbonyl (C=O) groups excluding carboxylic acids is 1. The number of hydrogen-bond donors (Lipinski definition) is 2. The summed E-state index contributed by atoms with van der Waals surface area (Å²) in [6.07, 6.45) is 1.55. The normalized spacial score (nSPS) is 11.2. The number of aliphatic imine (C=N–C) groups is 1. The Kier molecular flexibility index (Phi) is 5.40. The van der Waals surface area contributed by atoms with Crippen LogP contribution in [0.15, 0.2) is 41.4 Å². The largest absolute Gasteiger partial charge is 0.507 e. The van der Waals surface area contributed by atoms with E-state index in [0.29, 0.717) is 27.5 Å². The number of rotatable bonds is 4. The standard InChI is InChI=1S/C18H19ClN2O2/c1-11(2)18(23)21-16-6-4-5-15(9-16)20-10-13-8-14(19)7-12(3)17(13)22/h4-11,22H,1-3H3,(H,21,23). The second kappa shape index (κ2) is 7.29. The Labute approximate surface area is 140 Å². The van der Waals surface area contributed by atoms with Gasteiger partial charge in [0.2, 0.25) is 5.91 Å². The van der Waals surface area contributed by atoms with Gasteiger partial charge in [0.05, 0.1) is 5.69 Å². The zero-order valence-electron chi connectivity index (χ0n) is 13.3. The maximum atomic E-state index is 11.7. The molecular weight excluding hydrogens is 312 g/mol. The van der Waals surface area contributed by atoms with Gasteiger partial charge in [-0.3, -0.25) is 9.79 Å². The highest BCUT2D eigenvalue weighted by Crippen LogP contribution is 2.26. The number of benzene rings is 2. The zero-order chi connectivity index (χ0) is 17.0. The molecule has 0 atom stereocenters. The molecule has 0 bridgehead atoms. The van der Waals surface area contributed by atoms with Gasteiger partial charge < -0.3 is 10.4 Å². The van der Waals surface area contributed by atoms with Crippen molar-refractivity contribution in [3.05, 3.63) is 52.5 Å². The van der Waals surface area contributed by atoms with E-state index in [-0.39, 0.29) is 17.6 Å². The average Bonchev–Trinajstić information content (AvgIpc) is 2.49. The number of anilines is 1. The molecule has 1 amide bonds. The Morgan fingerprint density at radius 1 is 1.30 bits per heavy atom. The van der Waals surface area contributed by atoms with E-state index in [1.807, 2.05) is 26.0 Å². The third-order valence-electron chi connectivity index (χ3n) is 3.29. The monoisotopic (exact) mass is 330 g/mol. The number of phenolic OH excluding ortho intramolecular Hbond substituents is 1. The van der Waals surface area contributed by atoms with Gasteiger partial charge in [0.25, 0.3) is 0 Å². The first-order chi connectivity index (χ1) is 10.9. The van der Waals surface area contributed by atoms with E-state index < -0.39 is 0 Å². The summed E-state index contributed by atoms with van der Waals surface area (Å²) in [5.74, 6) is 0.0187. The first-order valence-electron chi connectivity index (χ1n) is 7.31. The quantitative estimate of drug-likeness (QED) is 0.798. The third kappa shape index (κ3) is 4.57. The van der Waals surface area contributed by atoms with Gasteiger partial charge >= 0.3 is 0 Å². The molecule has 0 fully saturated rings. The summed E-state index contributed by atoms with van der Waals surface area (Å²) in [7, 11) is 0. The Morgan fingerprint density at radius 2 is 2.04 bits per heavy atom. The van der Waals surface area contributed by atoms with Gasteiger partial charge in [-0.2, -0.15) is 0 Å². The van der Waals surface area contributed by atoms with E-state index in [4.69, 9.17) is 11.6 Å². The van der Waals surface area contributed by atoms with Crippen LogP contribution >= 0.6 is 11.6 Å². The SMILES string of the molecule is Cc1cc(Cl)cc(C=Nc2cccc(NC(=O)C(C)C)c2)c1O. The van der Waals surface area contributed by atoms with E-state index >= 15 is 0 Å². The van der Waals surface area contributed by atoms with E-state index in [9.17, 15) is 9.90 Å². The van der Waals surface area contributed by atoms with Crippen molar-refractivity contribution in [2.45, 2.75) is 20.8 Å². The van der Waals surface area contributed by atoms with E-state index in [1.54, 1.807) is 37.4 Å². The number of amides is 1. The van der Waals surface area contributed by atoms with Crippen LogP contribution in [0.1, 0.15) is 25.0 Å². The van der Waals surface area contributed by atoms with Crippen molar-refractivity contribution in [1.29, 1.82) is 0 Å². The zero-order valence-corrected chi connectivity index (χ0v) is 14.1. The van der Waals surface area contributed by atoms with Crippen LogP contribution in [0.5, 0.6) is 5.75 Å². The molecule has 0 radical (unpaired) electrons. The number of aryl methyl sites for hydroxylation is 1. The summed E-state index contributed by atoms with van der Waals surface area (Å²) in [4.78, 5) is 16.1. The maximum absolute atomic E-state index is 11.7. The minimum absolute atomic E-state index is 0.0470. The van der Waals surface area contributed by atoms with Crippen molar-refractivity contribution in [3.8, 4) is 5.75 Å². The number of halogens is 1. The molecule has 0 aromatic heterocycles. The van der Waals surface area contributed by atoms with Gasteiger partial charge in [-0.25, -0.2) is 0 Å². The van der Waals surface area contributed by atoms with Gasteiger partial charge in [0.1, 0.15) is 5.75 Å². The molecule has 5 heteroatoms. The van der Waals surface area contributed by atoms with E-state index in [0.717, 1.165) is 0 Å². The highest BCUT2D eigenvalue weighted by molar-refractivity contribution is 6.31. The van der Waals surface area contributed by atoms with Crippen LogP contribution in [0, 0.1) is 12.8 Å². The third-order valence-corrected chi connectivity index (χ3v) is 3.50. The van der Waals surface area contributed by atoms with Crippen molar-refractivity contribution in [1.82, 2.24) is 0 Å². The molecule has 2 aromatic carbocycles. The van der Waals surface area contributed by atoms with Crippen LogP contribution in [0.2, 0.25) is 5.02 Å². The Hall–Kier alpha value is -2.33. The van der Waals surface area contributed by atoms with E-state index in [2.05, 4.69) is 10.3 Å². The van der Waals surface area contributed by atoms with Crippen LogP contribution in [0.25, 0.3) is 0 Å². The molecule has 0 aliphatic rings. The fourth-order valence-corrected chi connectivity index (χ4v) is 2.24. The number of phenols is 1. The van der Waals surface area contributed by atoms with Crippen molar-refractivity contribution in [3.63, 3.8) is 0 Å². The highest BCUT2D eigenvalue weighted by Gasteiger charge is 2.07. The summed E-state index contributed by atoms with van der Waals surface area (Å²) < 4.78 is 0. The number of nitrogens with one attached hydrogen (secondary N) is 1. The molecule has 0 saturated carbocycles. The molecule has 120 valence electrons. The second-order valence-electron chi connectivity index (χ2n) is 5.61. The molecule has 4 nitrogen and oxygen atoms in total. The summed E-state index contributed by atoms with van der Waals surface area (Å²) in [6.45, 7) is 5.45. The van der Waals surface area contributed by atoms with Crippen molar-refractivity contribution in [2.75, 3.05) is 5.32 Å². The average molecular weight is 331 g/mol. The Morgan fingerprint density at radius 3 is 2.74 bits per heavy atom. The second-order valence-corrected chi connectivity index (χ2v) is 6.05. The molecular formula is C18H19ClN2O2. The summed E-state index contributed by atoms with van der Waals surface area (Å²) in [6, 6.07) is 10.5. The Balaban J connectivity index is 2.22. The molecule has 23 heavy (non-hydrogen) atoms. The van der Waals surface area contributed by atoms with Gasteiger partial charge in [-0.1, -0.05) is 31.5 Å². The first kappa shape index (κ1) is 17.0. The lowest BCUT2D eigenvalue weighted by atomic mass is 10.1. The number of hydrogen-bond acceptors (Lipinski definition) is 3. The molecule has 0 unspecified atom stereocenters. The summed E-state index contributed by atoms with van der Waals surface area (Å²) in [5, 5.41) is 13.4. The van der Waals surface area contributed by atoms with Crippen LogP contribution in [0.3, 0.4) is 0 Å². The molecule has 2 N–H and O–H groups in total. The molecule has 0 spiro atoms. The minimum Gasteiger partial charge on any atom is -0.507 e. The van der Waals surface area contributed by atoms with Crippen molar-refractivity contribution < 1.29 is 9.90 Å². The number of carbonyl (C=O) groups is 1. The molecule has 0 aliphatic heterocycles. The molecule has 2 aromatic rings. The maximum Gasteiger partial charge on any atom is 0.226 e. The van der Waals surface area contributed by atoms with Gasteiger partial charge in [0.15, 0.2) is 0 Å². The highest BCUT2D eigenvalue weighted by atomic mass is 35.5. The molecule has 0 aliphatic carbocycles. The smallest absolute Gasteiger partial charge is 0.226 e. The number of nitrogens with zero attached hydrogens (tertiary/aromatic N) is 1.